The largest absolute Gasteiger partial charge is 0.381 e. The van der Waals surface area contributed by atoms with Gasteiger partial charge in [0.2, 0.25) is 0 Å². The lowest BCUT2D eigenvalue weighted by atomic mass is 9.99. The number of pyridine rings is 2. The van der Waals surface area contributed by atoms with Crippen molar-refractivity contribution in [3.05, 3.63) is 120 Å². The molecular formula is C38H34F2N8O4S. The lowest BCUT2D eigenvalue weighted by molar-refractivity contribution is -0.109. The van der Waals surface area contributed by atoms with Crippen molar-refractivity contribution in [2.75, 3.05) is 34.8 Å². The maximum atomic E-state index is 15.1. The van der Waals surface area contributed by atoms with Crippen LogP contribution in [0.15, 0.2) is 90.5 Å². The van der Waals surface area contributed by atoms with E-state index < -0.39 is 29.1 Å². The van der Waals surface area contributed by atoms with Crippen molar-refractivity contribution < 1.29 is 27.9 Å². The third-order valence-electron chi connectivity index (χ3n) is 9.14. The number of rotatable bonds is 11. The number of carbonyl (C=O) groups excluding carboxylic acids is 3. The van der Waals surface area contributed by atoms with Gasteiger partial charge in [0.25, 0.3) is 5.91 Å². The molecule has 1 fully saturated rings. The van der Waals surface area contributed by atoms with Crippen molar-refractivity contribution in [1.82, 2.24) is 25.3 Å². The number of hydrogen-bond donors (Lipinski definition) is 2. The minimum absolute atomic E-state index is 0.0404. The molecule has 2 N–H and O–H groups in total. The van der Waals surface area contributed by atoms with Crippen LogP contribution in [0.1, 0.15) is 46.1 Å². The zero-order valence-corrected chi connectivity index (χ0v) is 29.4. The molecule has 0 aliphatic carbocycles. The van der Waals surface area contributed by atoms with Crippen LogP contribution in [0.4, 0.5) is 30.8 Å². The maximum Gasteiger partial charge on any atom is 0.330 e. The SMILES string of the molecule is CN1C(=O)N(c2ccc(CC(C=O)NC(=O)c3cc(F)c(NSc4ccc(-c5cnc(C6CCOCC6)nc5)cc4)cc3F)cn2)Cc2ccncc21. The maximum absolute atomic E-state index is 15.1. The van der Waals surface area contributed by atoms with Crippen molar-refractivity contribution in [2.45, 2.75) is 42.7 Å². The summed E-state index contributed by atoms with van der Waals surface area (Å²) in [6.07, 6.45) is 10.8. The van der Waals surface area contributed by atoms with E-state index in [4.69, 9.17) is 4.74 Å². The molecule has 1 saturated heterocycles. The second-order valence-corrected chi connectivity index (χ2v) is 13.5. The second kappa shape index (κ2) is 15.8. The lowest BCUT2D eigenvalue weighted by Gasteiger charge is -2.34. The lowest BCUT2D eigenvalue weighted by Crippen LogP contribution is -2.45. The Labute approximate surface area is 308 Å². The van der Waals surface area contributed by atoms with Gasteiger partial charge in [-0.2, -0.15) is 0 Å². The van der Waals surface area contributed by atoms with E-state index in [0.717, 1.165) is 83.2 Å². The van der Waals surface area contributed by atoms with Gasteiger partial charge in [-0.05, 0) is 71.8 Å². The van der Waals surface area contributed by atoms with Crippen LogP contribution in [0.3, 0.4) is 0 Å². The Morgan fingerprint density at radius 2 is 1.75 bits per heavy atom. The molecule has 15 heteroatoms. The van der Waals surface area contributed by atoms with Crippen LogP contribution in [0.25, 0.3) is 11.1 Å². The van der Waals surface area contributed by atoms with Gasteiger partial charge in [-0.1, -0.05) is 18.2 Å². The summed E-state index contributed by atoms with van der Waals surface area (Å²) in [4.78, 5) is 59.2. The number of halogens is 2. The molecule has 53 heavy (non-hydrogen) atoms. The highest BCUT2D eigenvalue weighted by Gasteiger charge is 2.30. The molecule has 0 bridgehead atoms. The highest BCUT2D eigenvalue weighted by Crippen LogP contribution is 2.31. The Hall–Kier alpha value is -5.80. The topological polar surface area (TPSA) is 143 Å². The third-order valence-corrected chi connectivity index (χ3v) is 9.97. The molecule has 12 nitrogen and oxygen atoms in total. The van der Waals surface area contributed by atoms with Crippen LogP contribution in [0.2, 0.25) is 0 Å². The number of urea groups is 1. The van der Waals surface area contributed by atoms with Crippen LogP contribution in [0, 0.1) is 11.6 Å². The van der Waals surface area contributed by atoms with E-state index in [1.54, 1.807) is 44.0 Å². The Morgan fingerprint density at radius 1 is 0.981 bits per heavy atom. The Bertz CT molecular complexity index is 2120. The van der Waals surface area contributed by atoms with E-state index in [0.29, 0.717) is 30.1 Å². The standard InChI is InChI=1S/C38H34F2N8O4S/c1-47-34-20-41-11-8-26(34)21-48(38(47)51)35-7-2-23(17-42-35)14-28(22-49)45-37(50)30-15-32(40)33(16-31(30)39)46-53-29-5-3-24(4-6-29)27-18-43-36(44-19-27)25-9-12-52-13-10-25/h2-8,11,15-20,22,25,28,46H,9-10,12-14,21H2,1H3,(H,45,50). The monoisotopic (exact) mass is 736 g/mol. The molecule has 270 valence electrons. The van der Waals surface area contributed by atoms with Gasteiger partial charge in [0.1, 0.15) is 29.6 Å². The zero-order valence-electron chi connectivity index (χ0n) is 28.5. The number of fused-ring (bicyclic) bond motifs is 1. The number of nitrogens with one attached hydrogen (secondary N) is 2. The van der Waals surface area contributed by atoms with Gasteiger partial charge < -0.3 is 19.6 Å². The normalized spacial score (nSPS) is 15.1. The van der Waals surface area contributed by atoms with Crippen LogP contribution in [0.5, 0.6) is 0 Å². The fourth-order valence-corrected chi connectivity index (χ4v) is 6.82. The molecule has 0 spiro atoms. The van der Waals surface area contributed by atoms with Gasteiger partial charge in [0.15, 0.2) is 0 Å². The molecule has 1 atom stereocenters. The van der Waals surface area contributed by atoms with Crippen LogP contribution in [-0.4, -0.2) is 64.5 Å². The third kappa shape index (κ3) is 8.00. The molecular weight excluding hydrogens is 703 g/mol. The zero-order chi connectivity index (χ0) is 36.9. The van der Waals surface area contributed by atoms with Gasteiger partial charge in [-0.25, -0.2) is 28.5 Å². The van der Waals surface area contributed by atoms with Crippen LogP contribution >= 0.6 is 11.9 Å². The van der Waals surface area contributed by atoms with Crippen LogP contribution in [-0.2, 0) is 22.5 Å². The first-order valence-electron chi connectivity index (χ1n) is 16.9. The highest BCUT2D eigenvalue weighted by atomic mass is 32.2. The minimum atomic E-state index is -1.05. The summed E-state index contributed by atoms with van der Waals surface area (Å²) in [6, 6.07) is 13.0. The van der Waals surface area contributed by atoms with Crippen molar-refractivity contribution >= 4 is 47.4 Å². The van der Waals surface area contributed by atoms with Crippen molar-refractivity contribution in [1.29, 1.82) is 0 Å². The quantitative estimate of drug-likeness (QED) is 0.117. The fraction of sp³-hybridized carbons (Fsp3) is 0.237. The number of anilines is 3. The predicted octanol–water partition coefficient (Wildman–Crippen LogP) is 6.34. The average molecular weight is 737 g/mol. The van der Waals surface area contributed by atoms with Crippen molar-refractivity contribution in [2.24, 2.45) is 0 Å². The molecule has 5 heterocycles. The van der Waals surface area contributed by atoms with Gasteiger partial charge in [0, 0.05) is 73.9 Å². The summed E-state index contributed by atoms with van der Waals surface area (Å²) >= 11 is 1.08. The number of benzene rings is 2. The van der Waals surface area contributed by atoms with E-state index in [9.17, 15) is 14.4 Å². The second-order valence-electron chi connectivity index (χ2n) is 12.6. The summed E-state index contributed by atoms with van der Waals surface area (Å²) in [5, 5.41) is 2.46. The highest BCUT2D eigenvalue weighted by molar-refractivity contribution is 8.00. The van der Waals surface area contributed by atoms with E-state index in [-0.39, 0.29) is 18.1 Å². The number of aldehydes is 1. The van der Waals surface area contributed by atoms with Gasteiger partial charge in [-0.3, -0.25) is 19.6 Å². The summed E-state index contributed by atoms with van der Waals surface area (Å²) in [7, 11) is 1.66. The molecule has 0 radical (unpaired) electrons. The predicted molar refractivity (Wildman–Crippen MR) is 196 cm³/mol. The van der Waals surface area contributed by atoms with E-state index >= 15 is 8.78 Å². The van der Waals surface area contributed by atoms with Crippen molar-refractivity contribution in [3.8, 4) is 11.1 Å². The first-order chi connectivity index (χ1) is 25.8. The molecule has 2 aliphatic rings. The molecule has 1 unspecified atom stereocenters. The molecule has 2 aliphatic heterocycles. The number of hydrogen-bond acceptors (Lipinski definition) is 10. The van der Waals surface area contributed by atoms with Gasteiger partial charge in [0.05, 0.1) is 35.7 Å². The molecule has 0 saturated carbocycles. The first kappa shape index (κ1) is 35.6. The number of ether oxygens (including phenoxy) is 1. The fourth-order valence-electron chi connectivity index (χ4n) is 6.16. The van der Waals surface area contributed by atoms with E-state index in [2.05, 4.69) is 30.0 Å². The summed E-state index contributed by atoms with van der Waals surface area (Å²) < 4.78 is 38.4. The average Bonchev–Trinajstić information content (AvgIpc) is 3.20. The Balaban J connectivity index is 0.933. The smallest absolute Gasteiger partial charge is 0.330 e. The molecule has 3 aromatic heterocycles. The summed E-state index contributed by atoms with van der Waals surface area (Å²) in [5.41, 5.74) is 3.29. The summed E-state index contributed by atoms with van der Waals surface area (Å²) in [6.45, 7) is 1.75. The van der Waals surface area contributed by atoms with E-state index in [1.807, 2.05) is 30.3 Å². The number of carbonyl (C=O) groups is 3. The molecule has 2 aromatic carbocycles. The van der Waals surface area contributed by atoms with Crippen molar-refractivity contribution in [3.63, 3.8) is 0 Å². The molecule has 7 rings (SSSR count). The summed E-state index contributed by atoms with van der Waals surface area (Å²) in [5.74, 6) is -1.22. The number of aromatic nitrogens is 4. The number of amides is 3. The molecule has 5 aromatic rings. The van der Waals surface area contributed by atoms with E-state index in [1.165, 1.54) is 16.0 Å². The van der Waals surface area contributed by atoms with Gasteiger partial charge in [-0.15, -0.1) is 0 Å². The Kier molecular flexibility index (Phi) is 10.6. The minimum Gasteiger partial charge on any atom is -0.381 e. The van der Waals surface area contributed by atoms with Gasteiger partial charge >= 0.3 is 6.03 Å². The number of nitrogens with zero attached hydrogens (tertiary/aromatic N) is 6. The Morgan fingerprint density at radius 3 is 2.47 bits per heavy atom. The first-order valence-corrected chi connectivity index (χ1v) is 17.7. The molecule has 3 amide bonds. The van der Waals surface area contributed by atoms with Crippen LogP contribution < -0.4 is 19.8 Å².